The summed E-state index contributed by atoms with van der Waals surface area (Å²) in [5.41, 5.74) is 4.86. The van der Waals surface area contributed by atoms with E-state index in [0.29, 0.717) is 4.47 Å². The van der Waals surface area contributed by atoms with Crippen LogP contribution in [-0.4, -0.2) is 4.98 Å². The average Bonchev–Trinajstić information content (AvgIpc) is 2.92. The van der Waals surface area contributed by atoms with E-state index in [1.807, 2.05) is 12.3 Å². The lowest BCUT2D eigenvalue weighted by atomic mass is 9.99. The van der Waals surface area contributed by atoms with Crippen molar-refractivity contribution >= 4 is 28.6 Å². The molecule has 2 aromatic carbocycles. The average molecular weight is 315 g/mol. The highest BCUT2D eigenvalue weighted by atomic mass is 35.5. The van der Waals surface area contributed by atoms with Crippen molar-refractivity contribution in [3.05, 3.63) is 69.6 Å². The molecule has 0 bridgehead atoms. The summed E-state index contributed by atoms with van der Waals surface area (Å²) in [4.78, 5) is 5.19. The van der Waals surface area contributed by atoms with E-state index in [1.54, 1.807) is 0 Å². The topological polar surface area (TPSA) is 24.9 Å². The maximum absolute atomic E-state index is 5.87. The van der Waals surface area contributed by atoms with E-state index in [2.05, 4.69) is 59.7 Å². The molecule has 3 rings (SSSR count). The van der Waals surface area contributed by atoms with Gasteiger partial charge < -0.3 is 5.32 Å². The number of aromatic nitrogens is 1. The number of thiazole rings is 1. The maximum atomic E-state index is 5.87. The van der Waals surface area contributed by atoms with Gasteiger partial charge in [0.2, 0.25) is 0 Å². The Morgan fingerprint density at radius 3 is 2.48 bits per heavy atom. The Kier molecular flexibility index (Phi) is 4.23. The first-order valence-corrected chi connectivity index (χ1v) is 7.92. The molecule has 0 saturated heterocycles. The molecule has 21 heavy (non-hydrogen) atoms. The van der Waals surface area contributed by atoms with E-state index in [-0.39, 0.29) is 0 Å². The van der Waals surface area contributed by atoms with E-state index < -0.39 is 0 Å². The van der Waals surface area contributed by atoms with Crippen LogP contribution in [0.5, 0.6) is 0 Å². The summed E-state index contributed by atoms with van der Waals surface area (Å²) in [7, 11) is 0. The molecule has 0 aliphatic carbocycles. The number of nitrogens with zero attached hydrogens (tertiary/aromatic N) is 1. The Bertz CT molecular complexity index is 752. The minimum Gasteiger partial charge on any atom is -0.380 e. The van der Waals surface area contributed by atoms with Gasteiger partial charge >= 0.3 is 0 Å². The van der Waals surface area contributed by atoms with Gasteiger partial charge in [-0.3, -0.25) is 0 Å². The molecule has 0 amide bonds. The molecule has 0 aliphatic rings. The molecule has 0 aliphatic heterocycles. The first-order valence-electron chi connectivity index (χ1n) is 6.73. The lowest BCUT2D eigenvalue weighted by Crippen LogP contribution is -1.99. The largest absolute Gasteiger partial charge is 0.380 e. The quantitative estimate of drug-likeness (QED) is 0.699. The standard InChI is InChI=1S/C17H15ClN2S/c1-12-6-2-3-7-14(12)15-8-4-5-9-16(15)19-10-13-11-20-17(18)21-13/h2-9,11,19H,10H2,1H3. The van der Waals surface area contributed by atoms with Crippen molar-refractivity contribution in [1.82, 2.24) is 4.98 Å². The summed E-state index contributed by atoms with van der Waals surface area (Å²) in [6, 6.07) is 16.8. The molecule has 0 atom stereocenters. The van der Waals surface area contributed by atoms with Gasteiger partial charge in [-0.05, 0) is 24.1 Å². The third-order valence-corrected chi connectivity index (χ3v) is 4.46. The molecule has 0 saturated carbocycles. The molecule has 0 radical (unpaired) electrons. The number of hydrogen-bond donors (Lipinski definition) is 1. The second-order valence-corrected chi connectivity index (χ2v) is 6.49. The molecular formula is C17H15ClN2S. The van der Waals surface area contributed by atoms with Crippen LogP contribution in [-0.2, 0) is 6.54 Å². The number of benzene rings is 2. The molecule has 2 nitrogen and oxygen atoms in total. The Morgan fingerprint density at radius 2 is 1.76 bits per heavy atom. The normalized spacial score (nSPS) is 10.6. The van der Waals surface area contributed by atoms with E-state index in [9.17, 15) is 0 Å². The van der Waals surface area contributed by atoms with Crippen molar-refractivity contribution in [3.8, 4) is 11.1 Å². The molecule has 3 aromatic rings. The second-order valence-electron chi connectivity index (χ2n) is 4.79. The Balaban J connectivity index is 1.88. The molecule has 1 aromatic heterocycles. The molecule has 1 N–H and O–H groups in total. The summed E-state index contributed by atoms with van der Waals surface area (Å²) in [5.74, 6) is 0. The number of halogens is 1. The molecule has 0 spiro atoms. The van der Waals surface area contributed by atoms with Crippen molar-refractivity contribution in [2.75, 3.05) is 5.32 Å². The molecule has 0 fully saturated rings. The Morgan fingerprint density at radius 1 is 1.05 bits per heavy atom. The van der Waals surface area contributed by atoms with Crippen LogP contribution in [0.25, 0.3) is 11.1 Å². The van der Waals surface area contributed by atoms with Crippen LogP contribution >= 0.6 is 22.9 Å². The summed E-state index contributed by atoms with van der Waals surface area (Å²) >= 11 is 7.37. The third kappa shape index (κ3) is 3.26. The number of hydrogen-bond acceptors (Lipinski definition) is 3. The minimum atomic E-state index is 0.582. The number of rotatable bonds is 4. The fourth-order valence-corrected chi connectivity index (χ4v) is 3.21. The van der Waals surface area contributed by atoms with Crippen LogP contribution < -0.4 is 5.32 Å². The third-order valence-electron chi connectivity index (χ3n) is 3.34. The molecule has 106 valence electrons. The summed E-state index contributed by atoms with van der Waals surface area (Å²) < 4.78 is 0.582. The van der Waals surface area contributed by atoms with Gasteiger partial charge in [0.15, 0.2) is 4.47 Å². The highest BCUT2D eigenvalue weighted by molar-refractivity contribution is 7.15. The van der Waals surface area contributed by atoms with Crippen molar-refractivity contribution in [1.29, 1.82) is 0 Å². The predicted molar refractivity (Wildman–Crippen MR) is 91.1 cm³/mol. The van der Waals surface area contributed by atoms with Gasteiger partial charge in [0.05, 0.1) is 6.54 Å². The highest BCUT2D eigenvalue weighted by Crippen LogP contribution is 2.30. The van der Waals surface area contributed by atoms with Gasteiger partial charge in [-0.25, -0.2) is 4.98 Å². The van der Waals surface area contributed by atoms with Crippen molar-refractivity contribution in [3.63, 3.8) is 0 Å². The summed E-state index contributed by atoms with van der Waals surface area (Å²) in [6.45, 7) is 2.86. The lowest BCUT2D eigenvalue weighted by Gasteiger charge is -2.13. The molecule has 0 unspecified atom stereocenters. The number of para-hydroxylation sites is 1. The van der Waals surface area contributed by atoms with E-state index in [0.717, 1.165) is 17.1 Å². The zero-order valence-electron chi connectivity index (χ0n) is 11.6. The van der Waals surface area contributed by atoms with Crippen LogP contribution in [0.2, 0.25) is 4.47 Å². The Hall–Kier alpha value is -1.84. The van der Waals surface area contributed by atoms with Gasteiger partial charge in [-0.1, -0.05) is 54.1 Å². The summed E-state index contributed by atoms with van der Waals surface area (Å²) in [5, 5.41) is 3.48. The molecule has 1 heterocycles. The number of nitrogens with one attached hydrogen (secondary N) is 1. The summed E-state index contributed by atoms with van der Waals surface area (Å²) in [6.07, 6.45) is 1.82. The van der Waals surface area contributed by atoms with Crippen LogP contribution in [0.4, 0.5) is 5.69 Å². The van der Waals surface area contributed by atoms with Gasteiger partial charge in [0.25, 0.3) is 0 Å². The van der Waals surface area contributed by atoms with Crippen molar-refractivity contribution in [2.45, 2.75) is 13.5 Å². The Labute approximate surface area is 133 Å². The van der Waals surface area contributed by atoms with E-state index in [4.69, 9.17) is 11.6 Å². The first-order chi connectivity index (χ1) is 10.2. The van der Waals surface area contributed by atoms with Crippen LogP contribution in [0.15, 0.2) is 54.7 Å². The fourth-order valence-electron chi connectivity index (χ4n) is 2.29. The first kappa shape index (κ1) is 14.1. The molecule has 4 heteroatoms. The van der Waals surface area contributed by atoms with Crippen molar-refractivity contribution < 1.29 is 0 Å². The van der Waals surface area contributed by atoms with Crippen LogP contribution in [0.3, 0.4) is 0 Å². The van der Waals surface area contributed by atoms with Gasteiger partial charge in [0.1, 0.15) is 0 Å². The SMILES string of the molecule is Cc1ccccc1-c1ccccc1NCc1cnc(Cl)s1. The number of aryl methyl sites for hydroxylation is 1. The van der Waals surface area contributed by atoms with Crippen LogP contribution in [0.1, 0.15) is 10.4 Å². The van der Waals surface area contributed by atoms with E-state index in [1.165, 1.54) is 28.0 Å². The van der Waals surface area contributed by atoms with Gasteiger partial charge in [-0.2, -0.15) is 0 Å². The zero-order chi connectivity index (χ0) is 14.7. The zero-order valence-corrected chi connectivity index (χ0v) is 13.2. The smallest absolute Gasteiger partial charge is 0.183 e. The number of anilines is 1. The van der Waals surface area contributed by atoms with Crippen molar-refractivity contribution in [2.24, 2.45) is 0 Å². The maximum Gasteiger partial charge on any atom is 0.183 e. The van der Waals surface area contributed by atoms with E-state index >= 15 is 0 Å². The van der Waals surface area contributed by atoms with Gasteiger partial charge in [0, 0.05) is 22.3 Å². The second kappa shape index (κ2) is 6.29. The highest BCUT2D eigenvalue weighted by Gasteiger charge is 2.07. The van der Waals surface area contributed by atoms with Gasteiger partial charge in [-0.15, -0.1) is 11.3 Å². The van der Waals surface area contributed by atoms with Crippen LogP contribution in [0, 0.1) is 6.92 Å². The lowest BCUT2D eigenvalue weighted by molar-refractivity contribution is 1.17. The molecular weight excluding hydrogens is 300 g/mol. The minimum absolute atomic E-state index is 0.582. The monoisotopic (exact) mass is 314 g/mol. The fraction of sp³-hybridized carbons (Fsp3) is 0.118. The predicted octanol–water partition coefficient (Wildman–Crippen LogP) is 5.38.